The lowest BCUT2D eigenvalue weighted by Crippen LogP contribution is -2.02. The molecule has 0 saturated heterocycles. The van der Waals surface area contributed by atoms with Crippen molar-refractivity contribution in [1.82, 2.24) is 4.98 Å². The molecule has 3 rings (SSSR count). The zero-order valence-electron chi connectivity index (χ0n) is 10.3. The van der Waals surface area contributed by atoms with Crippen molar-refractivity contribution in [3.8, 4) is 0 Å². The molecule has 2 aromatic carbocycles. The second-order valence-electron chi connectivity index (χ2n) is 4.39. The lowest BCUT2D eigenvalue weighted by Gasteiger charge is -2.06. The molecule has 20 heavy (non-hydrogen) atoms. The van der Waals surface area contributed by atoms with Crippen molar-refractivity contribution in [3.63, 3.8) is 0 Å². The molecule has 0 radical (unpaired) electrons. The second kappa shape index (κ2) is 5.23. The Labute approximate surface area is 126 Å². The minimum atomic E-state index is -0.105. The van der Waals surface area contributed by atoms with Gasteiger partial charge in [0, 0.05) is 39.0 Å². The fourth-order valence-corrected chi connectivity index (χ4v) is 2.69. The number of rotatable bonds is 2. The van der Waals surface area contributed by atoms with E-state index in [1.165, 1.54) is 0 Å². The van der Waals surface area contributed by atoms with Crippen molar-refractivity contribution >= 4 is 39.8 Å². The third-order valence-corrected chi connectivity index (χ3v) is 3.49. The van der Waals surface area contributed by atoms with Crippen LogP contribution in [0.5, 0.6) is 0 Å². The van der Waals surface area contributed by atoms with Gasteiger partial charge in [-0.1, -0.05) is 41.4 Å². The van der Waals surface area contributed by atoms with Gasteiger partial charge >= 0.3 is 0 Å². The van der Waals surface area contributed by atoms with Crippen LogP contribution in [0.25, 0.3) is 10.8 Å². The van der Waals surface area contributed by atoms with E-state index < -0.39 is 0 Å². The van der Waals surface area contributed by atoms with Gasteiger partial charge in [-0.05, 0) is 29.7 Å². The molecular formula is C16H9Cl2NO. The van der Waals surface area contributed by atoms with Crippen LogP contribution in [0, 0.1) is 0 Å². The van der Waals surface area contributed by atoms with Crippen LogP contribution in [-0.2, 0) is 0 Å². The van der Waals surface area contributed by atoms with Gasteiger partial charge in [-0.2, -0.15) is 0 Å². The molecule has 0 aliphatic rings. The Morgan fingerprint density at radius 1 is 1.00 bits per heavy atom. The maximum atomic E-state index is 12.6. The summed E-state index contributed by atoms with van der Waals surface area (Å²) in [5, 5.41) is 2.68. The third-order valence-electron chi connectivity index (χ3n) is 3.05. The lowest BCUT2D eigenvalue weighted by molar-refractivity contribution is 0.104. The number of ketones is 1. The standard InChI is InChI=1S/C16H9Cl2NO/c17-12-6-11(7-13(18)8-12)16(20)15-3-1-2-10-9-19-5-4-14(10)15/h1-9H. The fraction of sp³-hybridized carbons (Fsp3) is 0. The van der Waals surface area contributed by atoms with E-state index >= 15 is 0 Å². The zero-order valence-corrected chi connectivity index (χ0v) is 11.8. The summed E-state index contributed by atoms with van der Waals surface area (Å²) in [6.07, 6.45) is 3.40. The van der Waals surface area contributed by atoms with Gasteiger partial charge in [0.2, 0.25) is 0 Å². The van der Waals surface area contributed by atoms with Crippen molar-refractivity contribution in [2.75, 3.05) is 0 Å². The molecule has 98 valence electrons. The molecule has 0 aliphatic heterocycles. The number of halogens is 2. The van der Waals surface area contributed by atoms with Crippen LogP contribution in [0.15, 0.2) is 54.9 Å². The van der Waals surface area contributed by atoms with Gasteiger partial charge in [-0.3, -0.25) is 9.78 Å². The van der Waals surface area contributed by atoms with Crippen LogP contribution in [0.3, 0.4) is 0 Å². The number of pyridine rings is 1. The molecule has 0 bridgehead atoms. The van der Waals surface area contributed by atoms with Gasteiger partial charge < -0.3 is 0 Å². The lowest BCUT2D eigenvalue weighted by atomic mass is 9.98. The maximum Gasteiger partial charge on any atom is 0.193 e. The van der Waals surface area contributed by atoms with Crippen molar-refractivity contribution in [1.29, 1.82) is 0 Å². The predicted molar refractivity (Wildman–Crippen MR) is 81.6 cm³/mol. The molecule has 0 spiro atoms. The Hall–Kier alpha value is -1.90. The Balaban J connectivity index is 2.17. The Morgan fingerprint density at radius 2 is 1.75 bits per heavy atom. The highest BCUT2D eigenvalue weighted by Gasteiger charge is 2.13. The quantitative estimate of drug-likeness (QED) is 0.638. The van der Waals surface area contributed by atoms with Crippen LogP contribution >= 0.6 is 23.2 Å². The number of hydrogen-bond donors (Lipinski definition) is 0. The SMILES string of the molecule is O=C(c1cc(Cl)cc(Cl)c1)c1cccc2cnccc12. The minimum absolute atomic E-state index is 0.105. The van der Waals surface area contributed by atoms with Crippen LogP contribution in [-0.4, -0.2) is 10.8 Å². The highest BCUT2D eigenvalue weighted by Crippen LogP contribution is 2.24. The number of fused-ring (bicyclic) bond motifs is 1. The average Bonchev–Trinajstić information content (AvgIpc) is 2.45. The molecule has 0 aliphatic carbocycles. The first kappa shape index (κ1) is 13.1. The topological polar surface area (TPSA) is 30.0 Å². The molecular weight excluding hydrogens is 293 g/mol. The summed E-state index contributed by atoms with van der Waals surface area (Å²) >= 11 is 11.9. The summed E-state index contributed by atoms with van der Waals surface area (Å²) in [4.78, 5) is 16.7. The smallest absolute Gasteiger partial charge is 0.193 e. The number of carbonyl (C=O) groups excluding carboxylic acids is 1. The molecule has 1 aromatic heterocycles. The molecule has 0 unspecified atom stereocenters. The van der Waals surface area contributed by atoms with Gasteiger partial charge in [0.25, 0.3) is 0 Å². The van der Waals surface area contributed by atoms with Crippen molar-refractivity contribution in [3.05, 3.63) is 76.0 Å². The van der Waals surface area contributed by atoms with E-state index in [0.717, 1.165) is 10.8 Å². The molecule has 4 heteroatoms. The third kappa shape index (κ3) is 2.40. The van der Waals surface area contributed by atoms with Crippen molar-refractivity contribution in [2.24, 2.45) is 0 Å². The molecule has 0 N–H and O–H groups in total. The molecule has 0 saturated carbocycles. The summed E-state index contributed by atoms with van der Waals surface area (Å²) in [5.74, 6) is -0.105. The maximum absolute atomic E-state index is 12.6. The number of benzene rings is 2. The van der Waals surface area contributed by atoms with Gasteiger partial charge in [0.05, 0.1) is 0 Å². The molecule has 3 aromatic rings. The van der Waals surface area contributed by atoms with E-state index in [2.05, 4.69) is 4.98 Å². The van der Waals surface area contributed by atoms with E-state index in [1.807, 2.05) is 18.2 Å². The van der Waals surface area contributed by atoms with E-state index in [1.54, 1.807) is 36.7 Å². The van der Waals surface area contributed by atoms with Gasteiger partial charge in [-0.25, -0.2) is 0 Å². The van der Waals surface area contributed by atoms with E-state index in [0.29, 0.717) is 21.2 Å². The van der Waals surface area contributed by atoms with Crippen LogP contribution in [0.1, 0.15) is 15.9 Å². The molecule has 0 amide bonds. The highest BCUT2D eigenvalue weighted by molar-refractivity contribution is 6.35. The van der Waals surface area contributed by atoms with Crippen molar-refractivity contribution in [2.45, 2.75) is 0 Å². The normalized spacial score (nSPS) is 10.7. The first-order valence-electron chi connectivity index (χ1n) is 5.99. The summed E-state index contributed by atoms with van der Waals surface area (Å²) in [5.41, 5.74) is 1.09. The molecule has 2 nitrogen and oxygen atoms in total. The van der Waals surface area contributed by atoms with E-state index in [-0.39, 0.29) is 5.78 Å². The first-order valence-corrected chi connectivity index (χ1v) is 6.74. The average molecular weight is 302 g/mol. The first-order chi connectivity index (χ1) is 9.65. The van der Waals surface area contributed by atoms with E-state index in [9.17, 15) is 4.79 Å². The van der Waals surface area contributed by atoms with E-state index in [4.69, 9.17) is 23.2 Å². The zero-order chi connectivity index (χ0) is 14.1. The van der Waals surface area contributed by atoms with Crippen LogP contribution in [0.4, 0.5) is 0 Å². The summed E-state index contributed by atoms with van der Waals surface area (Å²) in [6, 6.07) is 12.2. The molecule has 0 fully saturated rings. The minimum Gasteiger partial charge on any atom is -0.289 e. The largest absolute Gasteiger partial charge is 0.289 e. The summed E-state index contributed by atoms with van der Waals surface area (Å²) < 4.78 is 0. The fourth-order valence-electron chi connectivity index (χ4n) is 2.16. The van der Waals surface area contributed by atoms with Gasteiger partial charge in [0.1, 0.15) is 0 Å². The van der Waals surface area contributed by atoms with Crippen LogP contribution in [0.2, 0.25) is 10.0 Å². The van der Waals surface area contributed by atoms with Crippen LogP contribution < -0.4 is 0 Å². The Bertz CT molecular complexity index is 789. The number of aromatic nitrogens is 1. The van der Waals surface area contributed by atoms with Crippen molar-refractivity contribution < 1.29 is 4.79 Å². The summed E-state index contributed by atoms with van der Waals surface area (Å²) in [6.45, 7) is 0. The molecule has 1 heterocycles. The monoisotopic (exact) mass is 301 g/mol. The predicted octanol–water partition coefficient (Wildman–Crippen LogP) is 4.77. The highest BCUT2D eigenvalue weighted by atomic mass is 35.5. The molecule has 0 atom stereocenters. The number of hydrogen-bond acceptors (Lipinski definition) is 2. The second-order valence-corrected chi connectivity index (χ2v) is 5.26. The van der Waals surface area contributed by atoms with Gasteiger partial charge in [0.15, 0.2) is 5.78 Å². The Morgan fingerprint density at radius 3 is 2.50 bits per heavy atom. The summed E-state index contributed by atoms with van der Waals surface area (Å²) in [7, 11) is 0. The number of nitrogens with zero attached hydrogens (tertiary/aromatic N) is 1. The number of carbonyl (C=O) groups is 1. The Kier molecular flexibility index (Phi) is 3.43. The van der Waals surface area contributed by atoms with Gasteiger partial charge in [-0.15, -0.1) is 0 Å².